The van der Waals surface area contributed by atoms with Crippen molar-refractivity contribution < 1.29 is 18.4 Å². The second kappa shape index (κ2) is 7.71. The molecule has 1 saturated heterocycles. The van der Waals surface area contributed by atoms with E-state index in [0.717, 1.165) is 16.5 Å². The van der Waals surface area contributed by atoms with Crippen LogP contribution < -0.4 is 10.6 Å². The van der Waals surface area contributed by atoms with E-state index >= 15 is 4.39 Å². The molecule has 0 bridgehead atoms. The maximum absolute atomic E-state index is 16.4. The molecule has 2 heterocycles. The van der Waals surface area contributed by atoms with Gasteiger partial charge in [-0.3, -0.25) is 9.59 Å². The fourth-order valence-electron chi connectivity index (χ4n) is 5.83. The molecule has 182 valence electrons. The van der Waals surface area contributed by atoms with Gasteiger partial charge in [-0.1, -0.05) is 30.3 Å². The Hall–Kier alpha value is -4.07. The molecule has 4 aromatic rings. The minimum atomic E-state index is -2.28. The summed E-state index contributed by atoms with van der Waals surface area (Å²) in [4.78, 5) is 27.6. The summed E-state index contributed by atoms with van der Waals surface area (Å²) in [6.45, 7) is 1.27. The Labute approximate surface area is 206 Å². The molecule has 2 N–H and O–H groups in total. The van der Waals surface area contributed by atoms with Crippen LogP contribution in [0.25, 0.3) is 16.6 Å². The molecule has 6 nitrogen and oxygen atoms in total. The molecule has 1 aliphatic heterocycles. The van der Waals surface area contributed by atoms with E-state index in [4.69, 9.17) is 5.73 Å². The Kier molecular flexibility index (Phi) is 4.80. The van der Waals surface area contributed by atoms with Gasteiger partial charge in [-0.15, -0.1) is 0 Å². The van der Waals surface area contributed by atoms with Crippen LogP contribution in [0.5, 0.6) is 0 Å². The molecule has 2 aliphatic rings. The molecule has 3 atom stereocenters. The number of hydrogen-bond acceptors (Lipinski definition) is 3. The number of nitrogens with zero attached hydrogens (tertiary/aromatic N) is 3. The SMILES string of the molecule is C[C@@]1(F)C(=O)N(c2ccc3c(cnn3-c3ccc(F)cc3)c2)[C@@H](c2ccccc2)[C@H]1C1(C(N)=O)CC1. The lowest BCUT2D eigenvalue weighted by atomic mass is 9.73. The van der Waals surface area contributed by atoms with E-state index in [1.807, 2.05) is 30.3 Å². The van der Waals surface area contributed by atoms with Crippen LogP contribution in [0.1, 0.15) is 31.4 Å². The van der Waals surface area contributed by atoms with Crippen molar-refractivity contribution in [2.45, 2.75) is 31.5 Å². The lowest BCUT2D eigenvalue weighted by Crippen LogP contribution is -2.44. The number of hydrogen-bond donors (Lipinski definition) is 1. The minimum Gasteiger partial charge on any atom is -0.369 e. The summed E-state index contributed by atoms with van der Waals surface area (Å²) >= 11 is 0. The third-order valence-corrected chi connectivity index (χ3v) is 7.73. The number of amides is 2. The quantitative estimate of drug-likeness (QED) is 0.437. The van der Waals surface area contributed by atoms with Crippen molar-refractivity contribution in [3.8, 4) is 5.69 Å². The summed E-state index contributed by atoms with van der Waals surface area (Å²) < 4.78 is 31.4. The van der Waals surface area contributed by atoms with Gasteiger partial charge in [0.25, 0.3) is 5.91 Å². The zero-order chi connectivity index (χ0) is 25.2. The lowest BCUT2D eigenvalue weighted by molar-refractivity contribution is -0.133. The van der Waals surface area contributed by atoms with Crippen molar-refractivity contribution >= 4 is 28.4 Å². The highest BCUT2D eigenvalue weighted by Gasteiger charge is 2.70. The lowest BCUT2D eigenvalue weighted by Gasteiger charge is -2.33. The number of rotatable bonds is 5. The van der Waals surface area contributed by atoms with Crippen LogP contribution in [-0.4, -0.2) is 27.3 Å². The smallest absolute Gasteiger partial charge is 0.265 e. The van der Waals surface area contributed by atoms with Crippen molar-refractivity contribution in [3.05, 3.63) is 90.4 Å². The van der Waals surface area contributed by atoms with E-state index in [2.05, 4.69) is 5.10 Å². The number of anilines is 1. The zero-order valence-corrected chi connectivity index (χ0v) is 19.6. The number of fused-ring (bicyclic) bond motifs is 1. The van der Waals surface area contributed by atoms with Crippen LogP contribution >= 0.6 is 0 Å². The summed E-state index contributed by atoms with van der Waals surface area (Å²) in [7, 11) is 0. The largest absolute Gasteiger partial charge is 0.369 e. The molecule has 8 heteroatoms. The van der Waals surface area contributed by atoms with Gasteiger partial charge in [-0.05, 0) is 67.8 Å². The first kappa shape index (κ1) is 22.4. The van der Waals surface area contributed by atoms with Crippen molar-refractivity contribution in [2.24, 2.45) is 17.1 Å². The monoisotopic (exact) mass is 486 g/mol. The van der Waals surface area contributed by atoms with E-state index in [0.29, 0.717) is 24.2 Å². The molecule has 1 aromatic heterocycles. The van der Waals surface area contributed by atoms with Crippen LogP contribution in [0.15, 0.2) is 79.0 Å². The van der Waals surface area contributed by atoms with Gasteiger partial charge in [0.15, 0.2) is 5.67 Å². The van der Waals surface area contributed by atoms with Gasteiger partial charge in [0.05, 0.1) is 28.9 Å². The Balaban J connectivity index is 1.49. The van der Waals surface area contributed by atoms with E-state index < -0.39 is 34.9 Å². The number of carbonyl (C=O) groups is 2. The zero-order valence-electron chi connectivity index (χ0n) is 19.6. The normalized spacial score (nSPS) is 24.9. The first-order chi connectivity index (χ1) is 17.2. The van der Waals surface area contributed by atoms with Crippen molar-refractivity contribution in [3.63, 3.8) is 0 Å². The number of primary amides is 1. The molecule has 36 heavy (non-hydrogen) atoms. The number of nitrogens with two attached hydrogens (primary N) is 1. The molecule has 6 rings (SSSR count). The van der Waals surface area contributed by atoms with Crippen molar-refractivity contribution in [1.29, 1.82) is 0 Å². The minimum absolute atomic E-state index is 0.342. The second-order valence-electron chi connectivity index (χ2n) is 9.88. The van der Waals surface area contributed by atoms with E-state index in [9.17, 15) is 14.0 Å². The highest BCUT2D eigenvalue weighted by atomic mass is 19.1. The van der Waals surface area contributed by atoms with Crippen molar-refractivity contribution in [2.75, 3.05) is 4.90 Å². The van der Waals surface area contributed by atoms with E-state index in [1.165, 1.54) is 24.0 Å². The van der Waals surface area contributed by atoms with E-state index in [-0.39, 0.29) is 5.82 Å². The number of alkyl halides is 1. The molecule has 0 radical (unpaired) electrons. The average Bonchev–Trinajstić information content (AvgIpc) is 3.51. The second-order valence-corrected chi connectivity index (χ2v) is 9.88. The van der Waals surface area contributed by atoms with Gasteiger partial charge >= 0.3 is 0 Å². The molecule has 3 aromatic carbocycles. The van der Waals surface area contributed by atoms with Crippen LogP contribution in [-0.2, 0) is 9.59 Å². The summed E-state index contributed by atoms with van der Waals surface area (Å²) in [5, 5.41) is 5.16. The molecular formula is C28H24F2N4O2. The Bertz CT molecular complexity index is 1490. The van der Waals surface area contributed by atoms with Gasteiger partial charge in [0.1, 0.15) is 5.82 Å². The Morgan fingerprint density at radius 3 is 2.33 bits per heavy atom. The third-order valence-electron chi connectivity index (χ3n) is 7.73. The third kappa shape index (κ3) is 3.17. The first-order valence-electron chi connectivity index (χ1n) is 11.9. The highest BCUT2D eigenvalue weighted by molar-refractivity contribution is 6.05. The average molecular weight is 487 g/mol. The number of benzene rings is 3. The summed E-state index contributed by atoms with van der Waals surface area (Å²) in [5.41, 5.74) is 5.12. The predicted molar refractivity (Wildman–Crippen MR) is 132 cm³/mol. The number of halogens is 2. The van der Waals surface area contributed by atoms with Gasteiger partial charge in [0, 0.05) is 17.0 Å². The van der Waals surface area contributed by atoms with Crippen LogP contribution in [0.3, 0.4) is 0 Å². The molecular weight excluding hydrogens is 462 g/mol. The van der Waals surface area contributed by atoms with Gasteiger partial charge in [-0.2, -0.15) is 5.10 Å². The Morgan fingerprint density at radius 1 is 1.03 bits per heavy atom. The highest BCUT2D eigenvalue weighted by Crippen LogP contribution is 2.64. The Morgan fingerprint density at radius 2 is 1.69 bits per heavy atom. The molecule has 0 spiro atoms. The first-order valence-corrected chi connectivity index (χ1v) is 11.9. The number of carbonyl (C=O) groups excluding carboxylic acids is 2. The maximum atomic E-state index is 16.4. The predicted octanol–water partition coefficient (Wildman–Crippen LogP) is 4.86. The van der Waals surface area contributed by atoms with Crippen molar-refractivity contribution in [1.82, 2.24) is 9.78 Å². The molecule has 0 unspecified atom stereocenters. The topological polar surface area (TPSA) is 81.2 Å². The molecule has 2 amide bonds. The standard InChI is InChI=1S/C28H24F2N4O2/c1-27(30)24(28(13-14-28)25(31)35)23(17-5-3-2-4-6-17)33(26(27)36)21-11-12-22-18(15-21)16-32-34(22)20-9-7-19(29)8-10-20/h2-12,15-16,23-24H,13-14H2,1H3,(H2,31,35)/t23-,24+,27-/m0/s1. The van der Waals surface area contributed by atoms with Gasteiger partial charge in [-0.25, -0.2) is 13.5 Å². The van der Waals surface area contributed by atoms with Crippen LogP contribution in [0, 0.1) is 17.2 Å². The fraction of sp³-hybridized carbons (Fsp3) is 0.250. The summed E-state index contributed by atoms with van der Waals surface area (Å²) in [6, 6.07) is 19.8. The molecule has 2 fully saturated rings. The molecule has 1 saturated carbocycles. The molecule has 1 aliphatic carbocycles. The van der Waals surface area contributed by atoms with Gasteiger partial charge in [0.2, 0.25) is 5.91 Å². The summed E-state index contributed by atoms with van der Waals surface area (Å²) in [5.74, 6) is -2.53. The fourth-order valence-corrected chi connectivity index (χ4v) is 5.83. The van der Waals surface area contributed by atoms with Gasteiger partial charge < -0.3 is 10.6 Å². The van der Waals surface area contributed by atoms with E-state index in [1.54, 1.807) is 41.2 Å². The van der Waals surface area contributed by atoms with Crippen LogP contribution in [0.2, 0.25) is 0 Å². The summed E-state index contributed by atoms with van der Waals surface area (Å²) in [6.07, 6.45) is 2.57. The number of aromatic nitrogens is 2. The maximum Gasteiger partial charge on any atom is 0.265 e. The van der Waals surface area contributed by atoms with Crippen LogP contribution in [0.4, 0.5) is 14.5 Å².